The van der Waals surface area contributed by atoms with Crippen LogP contribution in [-0.4, -0.2) is 44.1 Å². The summed E-state index contributed by atoms with van der Waals surface area (Å²) in [6.07, 6.45) is 3.04. The highest BCUT2D eigenvalue weighted by Crippen LogP contribution is 2.13. The Balaban J connectivity index is 0.00000364. The van der Waals surface area contributed by atoms with Gasteiger partial charge in [0.1, 0.15) is 11.8 Å². The predicted octanol–water partition coefficient (Wildman–Crippen LogP) is 2.30. The van der Waals surface area contributed by atoms with Crippen LogP contribution >= 0.6 is 12.4 Å². The van der Waals surface area contributed by atoms with Crippen LogP contribution in [-0.2, 0) is 4.79 Å². The Labute approximate surface area is 167 Å². The van der Waals surface area contributed by atoms with Gasteiger partial charge < -0.3 is 20.7 Å². The molecule has 7 heteroatoms. The lowest BCUT2D eigenvalue weighted by atomic mass is 10.0. The first kappa shape index (κ1) is 23.0. The van der Waals surface area contributed by atoms with E-state index in [1.165, 1.54) is 5.57 Å². The lowest BCUT2D eigenvalue weighted by Gasteiger charge is -2.23. The third-order valence-corrected chi connectivity index (χ3v) is 4.31. The molecule has 0 aromatic heterocycles. The molecule has 0 radical (unpaired) electrons. The van der Waals surface area contributed by atoms with Crippen molar-refractivity contribution in [1.82, 2.24) is 16.0 Å². The van der Waals surface area contributed by atoms with Crippen LogP contribution < -0.4 is 20.7 Å². The predicted molar refractivity (Wildman–Crippen MR) is 110 cm³/mol. The first-order chi connectivity index (χ1) is 12.5. The highest BCUT2D eigenvalue weighted by molar-refractivity contribution is 5.97. The molecule has 2 rings (SSSR count). The fourth-order valence-electron chi connectivity index (χ4n) is 2.77. The van der Waals surface area contributed by atoms with Gasteiger partial charge in [0.15, 0.2) is 0 Å². The van der Waals surface area contributed by atoms with E-state index in [4.69, 9.17) is 4.74 Å². The second kappa shape index (κ2) is 11.6. The molecule has 1 unspecified atom stereocenters. The van der Waals surface area contributed by atoms with E-state index in [-0.39, 0.29) is 30.1 Å². The molecule has 1 aliphatic rings. The van der Waals surface area contributed by atoms with E-state index < -0.39 is 6.04 Å². The van der Waals surface area contributed by atoms with Gasteiger partial charge in [-0.2, -0.15) is 0 Å². The highest BCUT2D eigenvalue weighted by atomic mass is 35.5. The zero-order chi connectivity index (χ0) is 18.9. The van der Waals surface area contributed by atoms with Crippen LogP contribution in [0.15, 0.2) is 35.9 Å². The molecule has 0 saturated carbocycles. The smallest absolute Gasteiger partial charge is 0.251 e. The van der Waals surface area contributed by atoms with Crippen molar-refractivity contribution in [3.8, 4) is 5.75 Å². The van der Waals surface area contributed by atoms with Crippen LogP contribution in [0.5, 0.6) is 5.75 Å². The Morgan fingerprint density at radius 3 is 2.48 bits per heavy atom. The normalized spacial score (nSPS) is 14.6. The second-order valence-electron chi connectivity index (χ2n) is 6.69. The van der Waals surface area contributed by atoms with Crippen molar-refractivity contribution in [1.29, 1.82) is 0 Å². The fraction of sp³-hybridized carbons (Fsp3) is 0.500. The average molecular weight is 396 g/mol. The minimum absolute atomic E-state index is 0. The van der Waals surface area contributed by atoms with E-state index in [0.29, 0.717) is 18.7 Å². The number of carbonyl (C=O) groups excluding carboxylic acids is 2. The van der Waals surface area contributed by atoms with Crippen LogP contribution in [0.1, 0.15) is 37.6 Å². The Kier molecular flexibility index (Phi) is 9.89. The van der Waals surface area contributed by atoms with Gasteiger partial charge >= 0.3 is 0 Å². The number of ether oxygens (including phenoxy) is 1. The van der Waals surface area contributed by atoms with Gasteiger partial charge in [0, 0.05) is 18.7 Å². The first-order valence-electron chi connectivity index (χ1n) is 9.21. The maximum atomic E-state index is 12.5. The summed E-state index contributed by atoms with van der Waals surface area (Å²) in [7, 11) is 0. The molecular formula is C20H30ClN3O3. The first-order valence-corrected chi connectivity index (χ1v) is 9.21. The number of amides is 2. The minimum Gasteiger partial charge on any atom is -0.494 e. The summed E-state index contributed by atoms with van der Waals surface area (Å²) in [4.78, 5) is 25.0. The molecule has 1 aliphatic heterocycles. The van der Waals surface area contributed by atoms with Crippen LogP contribution in [0.2, 0.25) is 0 Å². The van der Waals surface area contributed by atoms with Gasteiger partial charge in [0.2, 0.25) is 5.91 Å². The summed E-state index contributed by atoms with van der Waals surface area (Å²) in [5.74, 6) is 0.294. The molecule has 1 aromatic carbocycles. The molecule has 0 aliphatic carbocycles. The number of hydrogen-bond acceptors (Lipinski definition) is 4. The van der Waals surface area contributed by atoms with Crippen LogP contribution in [0.4, 0.5) is 0 Å². The molecule has 27 heavy (non-hydrogen) atoms. The number of halogens is 1. The molecule has 0 fully saturated rings. The summed E-state index contributed by atoms with van der Waals surface area (Å²) < 4.78 is 5.38. The van der Waals surface area contributed by atoms with Crippen molar-refractivity contribution in [3.63, 3.8) is 0 Å². The zero-order valence-corrected chi connectivity index (χ0v) is 17.0. The molecule has 0 saturated heterocycles. The second-order valence-corrected chi connectivity index (χ2v) is 6.69. The largest absolute Gasteiger partial charge is 0.494 e. The maximum Gasteiger partial charge on any atom is 0.251 e. The van der Waals surface area contributed by atoms with Crippen molar-refractivity contribution < 1.29 is 14.3 Å². The number of nitrogens with one attached hydrogen (secondary N) is 3. The number of hydrogen-bond donors (Lipinski definition) is 3. The quantitative estimate of drug-likeness (QED) is 0.590. The molecule has 2 amide bonds. The molecule has 150 valence electrons. The summed E-state index contributed by atoms with van der Waals surface area (Å²) in [5.41, 5.74) is 1.73. The molecule has 3 N–H and O–H groups in total. The van der Waals surface area contributed by atoms with E-state index in [2.05, 4.69) is 22.0 Å². The summed E-state index contributed by atoms with van der Waals surface area (Å²) in [5, 5.41) is 9.04. The Bertz CT molecular complexity index is 644. The molecule has 0 bridgehead atoms. The lowest BCUT2D eigenvalue weighted by molar-refractivity contribution is -0.123. The zero-order valence-electron chi connectivity index (χ0n) is 16.2. The van der Waals surface area contributed by atoms with Gasteiger partial charge in [0.25, 0.3) is 5.91 Å². The molecule has 1 aromatic rings. The Hall–Kier alpha value is -2.05. The summed E-state index contributed by atoms with van der Waals surface area (Å²) in [6, 6.07) is 6.35. The van der Waals surface area contributed by atoms with Crippen molar-refractivity contribution >= 4 is 24.2 Å². The van der Waals surface area contributed by atoms with E-state index in [1.807, 2.05) is 20.8 Å². The lowest BCUT2D eigenvalue weighted by Crippen LogP contribution is -2.50. The van der Waals surface area contributed by atoms with Crippen LogP contribution in [0, 0.1) is 5.92 Å². The van der Waals surface area contributed by atoms with Crippen LogP contribution in [0.3, 0.4) is 0 Å². The topological polar surface area (TPSA) is 79.5 Å². The standard InChI is InChI=1S/C20H29N3O3.ClH/c1-4-26-17-7-5-16(6-8-17)19(24)23-18(14(2)3)20(25)22-13-15-9-11-21-12-10-15;/h5-9,14,18,21H,4,10-13H2,1-3H3,(H,22,25)(H,23,24);1H. The Morgan fingerprint density at radius 1 is 1.22 bits per heavy atom. The minimum atomic E-state index is -0.573. The number of benzene rings is 1. The van der Waals surface area contributed by atoms with Crippen molar-refractivity contribution in [2.24, 2.45) is 5.92 Å². The molecule has 1 heterocycles. The van der Waals surface area contributed by atoms with Crippen molar-refractivity contribution in [2.75, 3.05) is 26.2 Å². The molecule has 0 spiro atoms. The van der Waals surface area contributed by atoms with E-state index in [1.54, 1.807) is 24.3 Å². The Morgan fingerprint density at radius 2 is 1.93 bits per heavy atom. The van der Waals surface area contributed by atoms with E-state index >= 15 is 0 Å². The van der Waals surface area contributed by atoms with E-state index in [0.717, 1.165) is 25.3 Å². The molecule has 6 nitrogen and oxygen atoms in total. The molecule has 1 atom stereocenters. The highest BCUT2D eigenvalue weighted by Gasteiger charge is 2.24. The van der Waals surface area contributed by atoms with Crippen LogP contribution in [0.25, 0.3) is 0 Å². The third-order valence-electron chi connectivity index (χ3n) is 4.31. The van der Waals surface area contributed by atoms with Crippen molar-refractivity contribution in [3.05, 3.63) is 41.5 Å². The van der Waals surface area contributed by atoms with Gasteiger partial charge in [-0.1, -0.05) is 25.5 Å². The number of carbonyl (C=O) groups is 2. The third kappa shape index (κ3) is 7.23. The number of rotatable bonds is 8. The average Bonchev–Trinajstić information content (AvgIpc) is 2.65. The van der Waals surface area contributed by atoms with Gasteiger partial charge in [-0.05, 0) is 50.1 Å². The van der Waals surface area contributed by atoms with Gasteiger partial charge in [-0.25, -0.2) is 0 Å². The fourth-order valence-corrected chi connectivity index (χ4v) is 2.77. The summed E-state index contributed by atoms with van der Waals surface area (Å²) in [6.45, 7) is 8.64. The van der Waals surface area contributed by atoms with Gasteiger partial charge in [0.05, 0.1) is 6.61 Å². The summed E-state index contributed by atoms with van der Waals surface area (Å²) >= 11 is 0. The monoisotopic (exact) mass is 395 g/mol. The molecular weight excluding hydrogens is 366 g/mol. The maximum absolute atomic E-state index is 12.5. The van der Waals surface area contributed by atoms with E-state index in [9.17, 15) is 9.59 Å². The van der Waals surface area contributed by atoms with Gasteiger partial charge in [-0.3, -0.25) is 9.59 Å². The SMILES string of the molecule is CCOc1ccc(C(=O)NC(C(=O)NCC2=CCNCC2)C(C)C)cc1.Cl. The van der Waals surface area contributed by atoms with Crippen molar-refractivity contribution in [2.45, 2.75) is 33.2 Å². The van der Waals surface area contributed by atoms with Gasteiger partial charge in [-0.15, -0.1) is 12.4 Å².